The summed E-state index contributed by atoms with van der Waals surface area (Å²) >= 11 is 3.37. The molecule has 4 nitrogen and oxygen atoms in total. The highest BCUT2D eigenvalue weighted by atomic mass is 79.9. The van der Waals surface area contributed by atoms with E-state index in [2.05, 4.69) is 58.1 Å². The second kappa shape index (κ2) is 6.54. The number of rotatable bonds is 4. The fourth-order valence-corrected chi connectivity index (χ4v) is 2.09. The van der Waals surface area contributed by atoms with Crippen LogP contribution in [0.4, 0.5) is 0 Å². The van der Waals surface area contributed by atoms with Gasteiger partial charge in [0.05, 0.1) is 6.20 Å². The van der Waals surface area contributed by atoms with E-state index in [0.29, 0.717) is 11.6 Å². The summed E-state index contributed by atoms with van der Waals surface area (Å²) in [5.74, 6) is 1.27. The summed E-state index contributed by atoms with van der Waals surface area (Å²) in [4.78, 5) is 8.47. The third-order valence-electron chi connectivity index (χ3n) is 2.80. The van der Waals surface area contributed by atoms with Crippen molar-refractivity contribution < 1.29 is 4.74 Å². The van der Waals surface area contributed by atoms with Crippen molar-refractivity contribution in [2.24, 2.45) is 0 Å². The van der Waals surface area contributed by atoms with E-state index in [0.717, 1.165) is 22.1 Å². The van der Waals surface area contributed by atoms with E-state index in [9.17, 15) is 0 Å². The molecule has 2 aromatic heterocycles. The lowest BCUT2D eigenvalue weighted by Gasteiger charge is -2.20. The first-order chi connectivity index (χ1) is 9.83. The van der Waals surface area contributed by atoms with Crippen LogP contribution in [0, 0.1) is 6.92 Å². The smallest absolute Gasteiger partial charge is 0.222 e. The molecule has 0 radical (unpaired) electrons. The van der Waals surface area contributed by atoms with Crippen LogP contribution in [0.15, 0.2) is 35.2 Å². The van der Waals surface area contributed by atoms with Gasteiger partial charge in [0.2, 0.25) is 5.88 Å². The van der Waals surface area contributed by atoms with E-state index in [1.54, 1.807) is 12.4 Å². The molecule has 0 amide bonds. The molecule has 2 heterocycles. The highest BCUT2D eigenvalue weighted by Crippen LogP contribution is 2.24. The van der Waals surface area contributed by atoms with Gasteiger partial charge < -0.3 is 10.1 Å². The van der Waals surface area contributed by atoms with Crippen LogP contribution in [0.2, 0.25) is 0 Å². The molecule has 1 N–H and O–H groups in total. The van der Waals surface area contributed by atoms with Crippen molar-refractivity contribution in [3.8, 4) is 11.6 Å². The molecule has 2 aromatic rings. The quantitative estimate of drug-likeness (QED) is 0.897. The summed E-state index contributed by atoms with van der Waals surface area (Å²) in [5, 5.41) is 3.44. The van der Waals surface area contributed by atoms with Gasteiger partial charge in [0, 0.05) is 34.5 Å². The average Bonchev–Trinajstić information content (AvgIpc) is 2.38. The maximum atomic E-state index is 5.77. The Labute approximate surface area is 134 Å². The van der Waals surface area contributed by atoms with E-state index in [-0.39, 0.29) is 5.54 Å². The van der Waals surface area contributed by atoms with Crippen LogP contribution < -0.4 is 10.1 Å². The Morgan fingerprint density at radius 3 is 2.57 bits per heavy atom. The van der Waals surface area contributed by atoms with Crippen LogP contribution in [-0.4, -0.2) is 15.5 Å². The van der Waals surface area contributed by atoms with Crippen LogP contribution in [0.3, 0.4) is 0 Å². The topological polar surface area (TPSA) is 47.0 Å². The molecule has 0 saturated carbocycles. The van der Waals surface area contributed by atoms with Gasteiger partial charge in [-0.3, -0.25) is 4.98 Å². The molecule has 112 valence electrons. The molecule has 2 rings (SSSR count). The Balaban J connectivity index is 2.09. The molecule has 0 saturated heterocycles. The van der Waals surface area contributed by atoms with Gasteiger partial charge in [0.25, 0.3) is 0 Å². The zero-order valence-electron chi connectivity index (χ0n) is 12.8. The fourth-order valence-electron chi connectivity index (χ4n) is 1.75. The number of nitrogens with one attached hydrogen (secondary N) is 1. The molecule has 5 heteroatoms. The second-order valence-electron chi connectivity index (χ2n) is 6.01. The first-order valence-corrected chi connectivity index (χ1v) is 7.62. The largest absolute Gasteiger partial charge is 0.437 e. The number of pyridine rings is 2. The third kappa shape index (κ3) is 5.10. The second-order valence-corrected chi connectivity index (χ2v) is 6.93. The van der Waals surface area contributed by atoms with Crippen molar-refractivity contribution in [3.63, 3.8) is 0 Å². The van der Waals surface area contributed by atoms with Gasteiger partial charge in [0.15, 0.2) is 0 Å². The first-order valence-electron chi connectivity index (χ1n) is 6.82. The third-order valence-corrected chi connectivity index (χ3v) is 3.24. The lowest BCUT2D eigenvalue weighted by Crippen LogP contribution is -2.35. The minimum atomic E-state index is 0.0884. The van der Waals surface area contributed by atoms with Gasteiger partial charge in [-0.05, 0) is 61.3 Å². The van der Waals surface area contributed by atoms with Crippen LogP contribution in [0.1, 0.15) is 31.9 Å². The van der Waals surface area contributed by atoms with Crippen LogP contribution in [-0.2, 0) is 6.54 Å². The molecule has 0 fully saturated rings. The van der Waals surface area contributed by atoms with E-state index < -0.39 is 0 Å². The summed E-state index contributed by atoms with van der Waals surface area (Å²) in [7, 11) is 0. The van der Waals surface area contributed by atoms with Gasteiger partial charge in [-0.1, -0.05) is 0 Å². The van der Waals surface area contributed by atoms with E-state index >= 15 is 0 Å². The number of ether oxygens (including phenoxy) is 1. The molecular formula is C16H20BrN3O. The first kappa shape index (κ1) is 15.9. The van der Waals surface area contributed by atoms with Gasteiger partial charge in [-0.2, -0.15) is 0 Å². The van der Waals surface area contributed by atoms with Gasteiger partial charge in [-0.15, -0.1) is 0 Å². The zero-order valence-corrected chi connectivity index (χ0v) is 14.4. The van der Waals surface area contributed by atoms with Gasteiger partial charge in [0.1, 0.15) is 5.75 Å². The number of nitrogens with zero attached hydrogens (tertiary/aromatic N) is 2. The number of aryl methyl sites for hydroxylation is 1. The van der Waals surface area contributed by atoms with Crippen molar-refractivity contribution in [2.45, 2.75) is 39.8 Å². The minimum absolute atomic E-state index is 0.0884. The molecule has 0 unspecified atom stereocenters. The Morgan fingerprint density at radius 2 is 1.95 bits per heavy atom. The molecule has 0 aliphatic carbocycles. The summed E-state index contributed by atoms with van der Waals surface area (Å²) in [5.41, 5.74) is 2.23. The predicted molar refractivity (Wildman–Crippen MR) is 87.6 cm³/mol. The van der Waals surface area contributed by atoms with Crippen molar-refractivity contribution in [1.82, 2.24) is 15.3 Å². The molecule has 0 aliphatic rings. The number of hydrogen-bond donors (Lipinski definition) is 1. The lowest BCUT2D eigenvalue weighted by molar-refractivity contribution is 0.422. The minimum Gasteiger partial charge on any atom is -0.437 e. The SMILES string of the molecule is Cc1cc(CNC(C)(C)C)cnc1Oc1cncc(Br)c1. The highest BCUT2D eigenvalue weighted by molar-refractivity contribution is 9.10. The molecule has 21 heavy (non-hydrogen) atoms. The monoisotopic (exact) mass is 349 g/mol. The Morgan fingerprint density at radius 1 is 1.19 bits per heavy atom. The van der Waals surface area contributed by atoms with E-state index in [4.69, 9.17) is 4.74 Å². The molecule has 0 spiro atoms. The lowest BCUT2D eigenvalue weighted by atomic mass is 10.1. The summed E-state index contributed by atoms with van der Waals surface area (Å²) in [6.07, 6.45) is 5.22. The summed E-state index contributed by atoms with van der Waals surface area (Å²) < 4.78 is 6.64. The molecule has 0 aliphatic heterocycles. The van der Waals surface area contributed by atoms with Crippen LogP contribution in [0.25, 0.3) is 0 Å². The molecular weight excluding hydrogens is 330 g/mol. The number of halogens is 1. The molecule has 0 bridgehead atoms. The summed E-state index contributed by atoms with van der Waals surface area (Å²) in [6, 6.07) is 3.95. The van der Waals surface area contributed by atoms with Crippen LogP contribution in [0.5, 0.6) is 11.6 Å². The Hall–Kier alpha value is -1.46. The normalized spacial score (nSPS) is 11.5. The van der Waals surface area contributed by atoms with Gasteiger partial charge in [-0.25, -0.2) is 4.98 Å². The maximum Gasteiger partial charge on any atom is 0.222 e. The molecule has 0 atom stereocenters. The van der Waals surface area contributed by atoms with Crippen molar-refractivity contribution in [3.05, 3.63) is 46.3 Å². The van der Waals surface area contributed by atoms with Crippen molar-refractivity contribution >= 4 is 15.9 Å². The fraction of sp³-hybridized carbons (Fsp3) is 0.375. The summed E-state index contributed by atoms with van der Waals surface area (Å²) in [6.45, 7) is 9.21. The predicted octanol–water partition coefficient (Wildman–Crippen LogP) is 4.23. The highest BCUT2D eigenvalue weighted by Gasteiger charge is 2.10. The van der Waals surface area contributed by atoms with Crippen LogP contribution >= 0.6 is 15.9 Å². The Kier molecular flexibility index (Phi) is 4.96. The average molecular weight is 350 g/mol. The maximum absolute atomic E-state index is 5.77. The molecule has 0 aromatic carbocycles. The van der Waals surface area contributed by atoms with Crippen molar-refractivity contribution in [2.75, 3.05) is 0 Å². The number of aromatic nitrogens is 2. The number of hydrogen-bond acceptors (Lipinski definition) is 4. The van der Waals surface area contributed by atoms with E-state index in [1.165, 1.54) is 0 Å². The Bertz CT molecular complexity index is 623. The zero-order chi connectivity index (χ0) is 15.5. The van der Waals surface area contributed by atoms with Gasteiger partial charge >= 0.3 is 0 Å². The van der Waals surface area contributed by atoms with Crippen molar-refractivity contribution in [1.29, 1.82) is 0 Å². The van der Waals surface area contributed by atoms with E-state index in [1.807, 2.05) is 19.2 Å². The standard InChI is InChI=1S/C16H20BrN3O/c1-11-5-12(8-20-16(2,3)4)7-19-15(11)21-14-6-13(17)9-18-10-14/h5-7,9-10,20H,8H2,1-4H3.